The van der Waals surface area contributed by atoms with Crippen LogP contribution < -0.4 is 5.73 Å². The van der Waals surface area contributed by atoms with Crippen molar-refractivity contribution in [1.29, 1.82) is 5.26 Å². The van der Waals surface area contributed by atoms with Gasteiger partial charge in [0.2, 0.25) is 5.91 Å². The van der Waals surface area contributed by atoms with Crippen molar-refractivity contribution in [3.8, 4) is 6.07 Å². The molecule has 2 aromatic rings. The van der Waals surface area contributed by atoms with Gasteiger partial charge in [0.15, 0.2) is 0 Å². The van der Waals surface area contributed by atoms with Crippen LogP contribution in [0.4, 0.5) is 0 Å². The zero-order valence-corrected chi connectivity index (χ0v) is 13.2. The van der Waals surface area contributed by atoms with Crippen molar-refractivity contribution in [2.24, 2.45) is 5.73 Å². The third-order valence-corrected chi connectivity index (χ3v) is 3.31. The first-order valence-electron chi connectivity index (χ1n) is 7.21. The number of primary amides is 1. The quantitative estimate of drug-likeness (QED) is 0.356. The highest BCUT2D eigenvalue weighted by Crippen LogP contribution is 2.23. The number of nitrogens with zero attached hydrogens (tertiary/aromatic N) is 2. The van der Waals surface area contributed by atoms with Crippen molar-refractivity contribution in [1.82, 2.24) is 4.57 Å². The molecule has 124 valence electrons. The number of aromatic nitrogens is 1. The number of carbonyl (C=O) groups excluding carboxylic acids is 2. The SMILES string of the molecule is COCCOC(=O)/C(C#N)=C/c1cn(CC(N)=O)c2ccccc12. The van der Waals surface area contributed by atoms with Gasteiger partial charge >= 0.3 is 5.97 Å². The molecule has 1 aromatic carbocycles. The Morgan fingerprint density at radius 2 is 2.08 bits per heavy atom. The highest BCUT2D eigenvalue weighted by atomic mass is 16.6. The van der Waals surface area contributed by atoms with E-state index in [1.807, 2.05) is 30.3 Å². The average molecular weight is 327 g/mol. The first-order chi connectivity index (χ1) is 11.6. The fourth-order valence-corrected chi connectivity index (χ4v) is 2.28. The fraction of sp³-hybridized carbons (Fsp3) is 0.235. The molecule has 2 N–H and O–H groups in total. The standard InChI is InChI=1S/C17H17N3O4/c1-23-6-7-24-17(22)12(9-18)8-13-10-20(11-16(19)21)15-5-3-2-4-14(13)15/h2-5,8,10H,6-7,11H2,1H3,(H2,19,21)/b12-8+. The number of hydrogen-bond acceptors (Lipinski definition) is 5. The van der Waals surface area contributed by atoms with Crippen LogP contribution in [0, 0.1) is 11.3 Å². The number of hydrogen-bond donors (Lipinski definition) is 1. The van der Waals surface area contributed by atoms with Crippen molar-refractivity contribution >= 4 is 28.9 Å². The summed E-state index contributed by atoms with van der Waals surface area (Å²) in [7, 11) is 1.49. The van der Waals surface area contributed by atoms with Gasteiger partial charge in [-0.15, -0.1) is 0 Å². The molecular weight excluding hydrogens is 310 g/mol. The molecule has 0 saturated heterocycles. The van der Waals surface area contributed by atoms with Crippen LogP contribution in [-0.4, -0.2) is 36.8 Å². The first-order valence-corrected chi connectivity index (χ1v) is 7.21. The Hall–Kier alpha value is -3.11. The minimum atomic E-state index is -0.721. The average Bonchev–Trinajstić information content (AvgIpc) is 2.90. The van der Waals surface area contributed by atoms with E-state index in [0.717, 1.165) is 10.9 Å². The van der Waals surface area contributed by atoms with Crippen LogP contribution in [0.3, 0.4) is 0 Å². The highest BCUT2D eigenvalue weighted by Gasteiger charge is 2.14. The largest absolute Gasteiger partial charge is 0.459 e. The fourth-order valence-electron chi connectivity index (χ4n) is 2.28. The predicted molar refractivity (Wildman–Crippen MR) is 87.6 cm³/mol. The minimum absolute atomic E-state index is 0.00846. The van der Waals surface area contributed by atoms with Gasteiger partial charge in [0.1, 0.15) is 24.8 Å². The lowest BCUT2D eigenvalue weighted by atomic mass is 10.1. The molecule has 1 aromatic heterocycles. The summed E-state index contributed by atoms with van der Waals surface area (Å²) in [6.07, 6.45) is 3.12. The number of carbonyl (C=O) groups is 2. The monoisotopic (exact) mass is 327 g/mol. The van der Waals surface area contributed by atoms with Crippen molar-refractivity contribution in [3.05, 3.63) is 41.6 Å². The van der Waals surface area contributed by atoms with Crippen LogP contribution in [-0.2, 0) is 25.6 Å². The molecule has 0 atom stereocenters. The molecule has 0 aliphatic rings. The number of benzene rings is 1. The van der Waals surface area contributed by atoms with Gasteiger partial charge < -0.3 is 19.8 Å². The Labute approximate surface area is 138 Å². The molecule has 7 nitrogen and oxygen atoms in total. The number of nitriles is 1. The topological polar surface area (TPSA) is 107 Å². The number of amides is 1. The van der Waals surface area contributed by atoms with E-state index in [0.29, 0.717) is 5.56 Å². The number of para-hydroxylation sites is 1. The van der Waals surface area contributed by atoms with Gasteiger partial charge in [0.05, 0.1) is 6.61 Å². The summed E-state index contributed by atoms with van der Waals surface area (Å²) in [6, 6.07) is 9.17. The molecule has 0 fully saturated rings. The summed E-state index contributed by atoms with van der Waals surface area (Å²) in [6.45, 7) is 0.328. The minimum Gasteiger partial charge on any atom is -0.459 e. The molecule has 0 spiro atoms. The van der Waals surface area contributed by atoms with Crippen LogP contribution in [0.2, 0.25) is 0 Å². The maximum Gasteiger partial charge on any atom is 0.348 e. The van der Waals surface area contributed by atoms with Crippen molar-refractivity contribution in [2.75, 3.05) is 20.3 Å². The molecule has 0 bridgehead atoms. The van der Waals surface area contributed by atoms with Gasteiger partial charge in [-0.2, -0.15) is 5.26 Å². The molecule has 0 saturated carbocycles. The maximum absolute atomic E-state index is 11.9. The van der Waals surface area contributed by atoms with Gasteiger partial charge in [-0.3, -0.25) is 4.79 Å². The molecule has 1 heterocycles. The lowest BCUT2D eigenvalue weighted by Crippen LogP contribution is -2.17. The molecule has 1 amide bonds. The van der Waals surface area contributed by atoms with Crippen molar-refractivity contribution in [2.45, 2.75) is 6.54 Å². The first kappa shape index (κ1) is 17.2. The summed E-state index contributed by atoms with van der Waals surface area (Å²) in [4.78, 5) is 23.1. The molecule has 0 unspecified atom stereocenters. The van der Waals surface area contributed by atoms with Crippen LogP contribution in [0.25, 0.3) is 17.0 Å². The summed E-state index contributed by atoms with van der Waals surface area (Å²) < 4.78 is 11.4. The Balaban J connectivity index is 2.38. The third kappa shape index (κ3) is 4.00. The summed E-state index contributed by atoms with van der Waals surface area (Å²) in [5.41, 5.74) is 6.54. The second kappa shape index (κ2) is 7.94. The molecule has 2 rings (SSSR count). The highest BCUT2D eigenvalue weighted by molar-refractivity contribution is 6.01. The molecule has 0 aliphatic carbocycles. The smallest absolute Gasteiger partial charge is 0.348 e. The summed E-state index contributed by atoms with van der Waals surface area (Å²) >= 11 is 0. The third-order valence-electron chi connectivity index (χ3n) is 3.31. The van der Waals surface area contributed by atoms with Gasteiger partial charge in [0.25, 0.3) is 0 Å². The van der Waals surface area contributed by atoms with E-state index < -0.39 is 11.9 Å². The van der Waals surface area contributed by atoms with Crippen LogP contribution >= 0.6 is 0 Å². The number of nitrogens with two attached hydrogens (primary N) is 1. The predicted octanol–water partition coefficient (Wildman–Crippen LogP) is 1.22. The van der Waals surface area contributed by atoms with E-state index in [1.165, 1.54) is 13.2 Å². The maximum atomic E-state index is 11.9. The zero-order valence-electron chi connectivity index (χ0n) is 13.2. The Bertz CT molecular complexity index is 830. The molecule has 24 heavy (non-hydrogen) atoms. The Morgan fingerprint density at radius 3 is 2.75 bits per heavy atom. The number of esters is 1. The van der Waals surface area contributed by atoms with Gasteiger partial charge in [0, 0.05) is 29.8 Å². The zero-order chi connectivity index (χ0) is 17.5. The van der Waals surface area contributed by atoms with Crippen molar-refractivity contribution in [3.63, 3.8) is 0 Å². The van der Waals surface area contributed by atoms with Gasteiger partial charge in [-0.25, -0.2) is 4.79 Å². The van der Waals surface area contributed by atoms with E-state index in [4.69, 9.17) is 15.2 Å². The van der Waals surface area contributed by atoms with Crippen LogP contribution in [0.1, 0.15) is 5.56 Å². The van der Waals surface area contributed by atoms with E-state index >= 15 is 0 Å². The van der Waals surface area contributed by atoms with E-state index in [-0.39, 0.29) is 25.3 Å². The lowest BCUT2D eigenvalue weighted by Gasteiger charge is -2.02. The van der Waals surface area contributed by atoms with E-state index in [2.05, 4.69) is 0 Å². The van der Waals surface area contributed by atoms with Gasteiger partial charge in [-0.05, 0) is 12.1 Å². The second-order valence-electron chi connectivity index (χ2n) is 4.99. The normalized spacial score (nSPS) is 11.2. The van der Waals surface area contributed by atoms with Gasteiger partial charge in [-0.1, -0.05) is 18.2 Å². The van der Waals surface area contributed by atoms with Crippen LogP contribution in [0.15, 0.2) is 36.0 Å². The summed E-state index contributed by atoms with van der Waals surface area (Å²) in [5, 5.41) is 10.0. The van der Waals surface area contributed by atoms with E-state index in [9.17, 15) is 14.9 Å². The number of methoxy groups -OCH3 is 1. The lowest BCUT2D eigenvalue weighted by molar-refractivity contribution is -0.139. The number of rotatable bonds is 7. The Kier molecular flexibility index (Phi) is 5.71. The van der Waals surface area contributed by atoms with Crippen LogP contribution in [0.5, 0.6) is 0 Å². The molecule has 7 heteroatoms. The molecule has 0 radical (unpaired) electrons. The second-order valence-corrected chi connectivity index (χ2v) is 4.99. The van der Waals surface area contributed by atoms with E-state index in [1.54, 1.807) is 10.8 Å². The number of fused-ring (bicyclic) bond motifs is 1. The summed E-state index contributed by atoms with van der Waals surface area (Å²) in [5.74, 6) is -1.20. The molecule has 0 aliphatic heterocycles. The number of ether oxygens (including phenoxy) is 2. The molecular formula is C17H17N3O4. The van der Waals surface area contributed by atoms with Crippen molar-refractivity contribution < 1.29 is 19.1 Å². The Morgan fingerprint density at radius 1 is 1.33 bits per heavy atom.